The largest absolute Gasteiger partial charge is 0.396 e. The van der Waals surface area contributed by atoms with Crippen LogP contribution in [0.15, 0.2) is 35.3 Å². The summed E-state index contributed by atoms with van der Waals surface area (Å²) in [5.74, 6) is -3.99. The lowest BCUT2D eigenvalue weighted by atomic mass is 9.90. The second-order valence-corrected chi connectivity index (χ2v) is 12.2. The van der Waals surface area contributed by atoms with Crippen molar-refractivity contribution in [2.75, 3.05) is 19.7 Å². The minimum Gasteiger partial charge on any atom is -0.396 e. The predicted molar refractivity (Wildman–Crippen MR) is 175 cm³/mol. The Balaban J connectivity index is 3.02. The number of nitrogens with one attached hydrogen (secondary N) is 3. The lowest BCUT2D eigenvalue weighted by Crippen LogP contribution is -2.50. The molecule has 8 N–H and O–H groups in total. The molecule has 0 radical (unpaired) electrons. The molecule has 4 atom stereocenters. The number of aliphatic hydroxyl groups excluding tert-OH is 1. The van der Waals surface area contributed by atoms with Crippen molar-refractivity contribution in [3.8, 4) is 0 Å². The lowest BCUT2D eigenvalue weighted by Gasteiger charge is -2.26. The molecular weight excluding hydrogens is 576 g/mol. The van der Waals surface area contributed by atoms with Crippen molar-refractivity contribution in [3.05, 3.63) is 35.9 Å². The van der Waals surface area contributed by atoms with Gasteiger partial charge in [-0.15, -0.1) is 0 Å². The van der Waals surface area contributed by atoms with Crippen LogP contribution >= 0.6 is 0 Å². The molecule has 0 aliphatic heterocycles. The molecule has 0 unspecified atom stereocenters. The Labute approximate surface area is 267 Å². The fraction of sp³-hybridized carbons (Fsp3) is 0.636. The summed E-state index contributed by atoms with van der Waals surface area (Å²) in [6.45, 7) is 9.03. The predicted octanol–water partition coefficient (Wildman–Crippen LogP) is 1.42. The monoisotopic (exact) mass is 630 g/mol. The summed E-state index contributed by atoms with van der Waals surface area (Å²) in [6, 6.07) is 7.63. The maximum absolute atomic E-state index is 13.5. The molecule has 0 fully saturated rings. The van der Waals surface area contributed by atoms with Crippen LogP contribution in [0.25, 0.3) is 0 Å². The van der Waals surface area contributed by atoms with Crippen LogP contribution in [-0.4, -0.2) is 78.1 Å². The Hall–Kier alpha value is -3.64. The number of rotatable bonds is 23. The minimum atomic E-state index is -1.11. The summed E-state index contributed by atoms with van der Waals surface area (Å²) in [5.41, 5.74) is 11.7. The Morgan fingerprint density at radius 3 is 2.09 bits per heavy atom. The second-order valence-electron chi connectivity index (χ2n) is 12.2. The van der Waals surface area contributed by atoms with Crippen LogP contribution in [0.3, 0.4) is 0 Å². The van der Waals surface area contributed by atoms with Crippen molar-refractivity contribution in [2.24, 2.45) is 34.2 Å². The van der Waals surface area contributed by atoms with Gasteiger partial charge in [0, 0.05) is 37.8 Å². The number of carbonyl (C=O) groups is 5. The minimum absolute atomic E-state index is 0.0252. The molecule has 1 aromatic rings. The average Bonchev–Trinajstić information content (AvgIpc) is 2.98. The van der Waals surface area contributed by atoms with E-state index in [1.807, 2.05) is 51.1 Å². The number of guanidine groups is 1. The molecule has 0 spiro atoms. The highest BCUT2D eigenvalue weighted by atomic mass is 16.3. The van der Waals surface area contributed by atoms with Gasteiger partial charge in [-0.3, -0.25) is 29.0 Å². The molecule has 0 aliphatic rings. The van der Waals surface area contributed by atoms with Crippen LogP contribution in [0, 0.1) is 17.8 Å². The van der Waals surface area contributed by atoms with E-state index in [1.165, 1.54) is 0 Å². The highest BCUT2D eigenvalue weighted by Gasteiger charge is 2.33. The number of carbonyl (C=O) groups excluding carboxylic acids is 5. The van der Waals surface area contributed by atoms with Crippen LogP contribution in [0.1, 0.15) is 78.7 Å². The first-order chi connectivity index (χ1) is 21.3. The summed E-state index contributed by atoms with van der Waals surface area (Å²) in [5, 5.41) is 18.7. The molecule has 1 aromatic carbocycles. The van der Waals surface area contributed by atoms with Crippen molar-refractivity contribution in [3.63, 3.8) is 0 Å². The van der Waals surface area contributed by atoms with Crippen LogP contribution in [-0.2, 0) is 30.4 Å². The van der Waals surface area contributed by atoms with Gasteiger partial charge in [0.2, 0.25) is 11.8 Å². The van der Waals surface area contributed by atoms with Crippen molar-refractivity contribution < 1.29 is 29.1 Å². The zero-order valence-electron chi connectivity index (χ0n) is 27.5. The summed E-state index contributed by atoms with van der Waals surface area (Å²) in [4.78, 5) is 69.5. The van der Waals surface area contributed by atoms with Gasteiger partial charge in [-0.25, -0.2) is 0 Å². The van der Waals surface area contributed by atoms with Crippen LogP contribution < -0.4 is 27.4 Å². The number of nitrogens with zero attached hydrogens (tertiary/aromatic N) is 1. The molecule has 45 heavy (non-hydrogen) atoms. The molecule has 2 amide bonds. The highest BCUT2D eigenvalue weighted by Crippen LogP contribution is 2.17. The normalized spacial score (nSPS) is 13.9. The Kier molecular flexibility index (Phi) is 18.5. The van der Waals surface area contributed by atoms with Gasteiger partial charge in [-0.05, 0) is 37.2 Å². The highest BCUT2D eigenvalue weighted by molar-refractivity contribution is 5.95. The quantitative estimate of drug-likeness (QED) is 0.0586. The molecule has 0 bridgehead atoms. The number of hydrogen-bond donors (Lipinski definition) is 6. The van der Waals surface area contributed by atoms with Gasteiger partial charge in [0.1, 0.15) is 5.78 Å². The van der Waals surface area contributed by atoms with Gasteiger partial charge in [-0.2, -0.15) is 0 Å². The van der Waals surface area contributed by atoms with Gasteiger partial charge in [0.15, 0.2) is 17.5 Å². The Morgan fingerprint density at radius 2 is 1.53 bits per heavy atom. The third-order valence-corrected chi connectivity index (χ3v) is 7.39. The van der Waals surface area contributed by atoms with Gasteiger partial charge in [0.05, 0.1) is 31.2 Å². The van der Waals surface area contributed by atoms with E-state index in [0.29, 0.717) is 19.3 Å². The van der Waals surface area contributed by atoms with Crippen LogP contribution in [0.5, 0.6) is 0 Å². The summed E-state index contributed by atoms with van der Waals surface area (Å²) < 4.78 is 0. The van der Waals surface area contributed by atoms with E-state index < -0.39 is 48.1 Å². The fourth-order valence-corrected chi connectivity index (χ4v) is 4.84. The molecule has 0 aromatic heterocycles. The van der Waals surface area contributed by atoms with Crippen molar-refractivity contribution in [1.82, 2.24) is 16.0 Å². The first kappa shape index (κ1) is 39.4. The molecule has 0 heterocycles. The first-order valence-electron chi connectivity index (χ1n) is 15.9. The van der Waals surface area contributed by atoms with Gasteiger partial charge in [-0.1, -0.05) is 65.0 Å². The maximum Gasteiger partial charge on any atom is 0.226 e. The second kappa shape index (κ2) is 21.2. The lowest BCUT2D eigenvalue weighted by molar-refractivity contribution is -0.136. The van der Waals surface area contributed by atoms with E-state index in [-0.39, 0.29) is 68.3 Å². The topological polar surface area (TPSA) is 206 Å². The van der Waals surface area contributed by atoms with E-state index in [9.17, 15) is 29.1 Å². The summed E-state index contributed by atoms with van der Waals surface area (Å²) in [7, 11) is 0. The number of aliphatic imine (C=N–C) groups is 1. The fourth-order valence-electron chi connectivity index (χ4n) is 4.84. The third-order valence-electron chi connectivity index (χ3n) is 7.39. The molecule has 252 valence electrons. The molecule has 0 saturated carbocycles. The van der Waals surface area contributed by atoms with Gasteiger partial charge < -0.3 is 32.5 Å². The number of amides is 2. The molecule has 0 aliphatic carbocycles. The number of Topliss-reactive ketones (excluding diaryl/α,β-unsaturated/α-hetero) is 3. The zero-order valence-corrected chi connectivity index (χ0v) is 27.5. The Bertz CT molecular complexity index is 1120. The van der Waals surface area contributed by atoms with Crippen molar-refractivity contribution in [1.29, 1.82) is 0 Å². The average molecular weight is 631 g/mol. The van der Waals surface area contributed by atoms with Crippen molar-refractivity contribution >= 4 is 35.1 Å². The van der Waals surface area contributed by atoms with E-state index in [0.717, 1.165) is 5.56 Å². The number of ketones is 3. The number of benzene rings is 1. The van der Waals surface area contributed by atoms with E-state index in [4.69, 9.17) is 11.5 Å². The zero-order chi connectivity index (χ0) is 33.9. The van der Waals surface area contributed by atoms with E-state index in [1.54, 1.807) is 13.8 Å². The summed E-state index contributed by atoms with van der Waals surface area (Å²) >= 11 is 0. The molecule has 12 heteroatoms. The first-order valence-corrected chi connectivity index (χ1v) is 15.9. The SMILES string of the molecule is CCCC(=O)[C@H](Cc1ccccc1)NC(=O)[C@H](CO)CC(=O)[C@@H](NC(=O)[C@H](CCCN=C(N)N)CC(=O)CNC(C)C)C(C)C. The number of hydrogen-bond acceptors (Lipinski definition) is 8. The number of aliphatic hydroxyl groups is 1. The molecule has 1 rings (SSSR count). The van der Waals surface area contributed by atoms with Crippen molar-refractivity contribution in [2.45, 2.75) is 97.7 Å². The smallest absolute Gasteiger partial charge is 0.226 e. The standard InChI is InChI=1S/C33H54N6O6/c1-6-11-28(42)27(16-23-12-8-7-9-13-23)38-32(45)25(20-40)18-29(43)30(21(2)3)39-31(44)24(14-10-15-36-33(34)35)17-26(41)19-37-22(4)5/h7-9,12-13,21-22,24-25,27,30,37,40H,6,10-11,14-20H2,1-5H3,(H,38,45)(H,39,44)(H4,34,35,36)/t24-,25+,27+,30+/m1/s1. The molecular formula is C33H54N6O6. The summed E-state index contributed by atoms with van der Waals surface area (Å²) in [6.07, 6.45) is 1.61. The maximum atomic E-state index is 13.5. The van der Waals surface area contributed by atoms with Gasteiger partial charge >= 0.3 is 0 Å². The van der Waals surface area contributed by atoms with E-state index >= 15 is 0 Å². The van der Waals surface area contributed by atoms with Gasteiger partial charge in [0.25, 0.3) is 0 Å². The molecule has 12 nitrogen and oxygen atoms in total. The Morgan fingerprint density at radius 1 is 0.889 bits per heavy atom. The molecule has 0 saturated heterocycles. The third kappa shape index (κ3) is 15.8. The number of nitrogens with two attached hydrogens (primary N) is 2. The van der Waals surface area contributed by atoms with Crippen LogP contribution in [0.2, 0.25) is 0 Å². The van der Waals surface area contributed by atoms with E-state index in [2.05, 4.69) is 20.9 Å². The van der Waals surface area contributed by atoms with Crippen LogP contribution in [0.4, 0.5) is 0 Å².